The number of rotatable bonds is 7. The highest BCUT2D eigenvalue weighted by Gasteiger charge is 2.19. The van der Waals surface area contributed by atoms with Gasteiger partial charge in [-0.15, -0.1) is 10.2 Å². The maximum Gasteiger partial charge on any atom is 0.299 e. The van der Waals surface area contributed by atoms with Gasteiger partial charge in [0.1, 0.15) is 18.1 Å². The first-order chi connectivity index (χ1) is 13.4. The fraction of sp³-hybridized carbons (Fsp3) is 0.188. The van der Waals surface area contributed by atoms with Crippen molar-refractivity contribution in [3.05, 3.63) is 56.7 Å². The van der Waals surface area contributed by atoms with E-state index in [0.29, 0.717) is 16.5 Å². The van der Waals surface area contributed by atoms with Crippen LogP contribution in [-0.4, -0.2) is 27.3 Å². The van der Waals surface area contributed by atoms with Gasteiger partial charge >= 0.3 is 0 Å². The maximum absolute atomic E-state index is 13.0. The first-order valence-corrected chi connectivity index (χ1v) is 9.92. The third kappa shape index (κ3) is 4.78. The van der Waals surface area contributed by atoms with Crippen molar-refractivity contribution < 1.29 is 17.9 Å². The molecule has 0 aliphatic carbocycles. The van der Waals surface area contributed by atoms with Gasteiger partial charge in [-0.05, 0) is 30.5 Å². The zero-order valence-corrected chi connectivity index (χ0v) is 17.2. The van der Waals surface area contributed by atoms with Crippen molar-refractivity contribution in [2.45, 2.75) is 18.2 Å². The van der Waals surface area contributed by atoms with Gasteiger partial charge in [-0.2, -0.15) is 9.78 Å². The molecule has 0 aliphatic heterocycles. The monoisotopic (exact) mass is 466 g/mol. The number of halogens is 5. The summed E-state index contributed by atoms with van der Waals surface area (Å²) in [6.07, 6.45) is 0.154. The quantitative estimate of drug-likeness (QED) is 0.317. The molecule has 0 spiro atoms. The second-order valence-corrected chi connectivity index (χ2v) is 7.22. The van der Waals surface area contributed by atoms with E-state index in [4.69, 9.17) is 44.0 Å². The Morgan fingerprint density at radius 2 is 1.96 bits per heavy atom. The second kappa shape index (κ2) is 9.13. The molecule has 28 heavy (non-hydrogen) atoms. The molecule has 0 radical (unpaired) electrons. The van der Waals surface area contributed by atoms with Gasteiger partial charge in [0.2, 0.25) is 11.0 Å². The van der Waals surface area contributed by atoms with E-state index in [1.165, 1.54) is 18.3 Å². The Hall–Kier alpha value is -1.81. The predicted octanol–water partition coefficient (Wildman–Crippen LogP) is 5.95. The summed E-state index contributed by atoms with van der Waals surface area (Å²) in [7, 11) is 0. The lowest BCUT2D eigenvalue weighted by atomic mass is 10.3. The minimum Gasteiger partial charge on any atom is -0.483 e. The minimum atomic E-state index is -2.81. The molecule has 0 saturated carbocycles. The number of ether oxygens (including phenoxy) is 1. The van der Waals surface area contributed by atoms with Crippen molar-refractivity contribution in [3.63, 3.8) is 0 Å². The predicted molar refractivity (Wildman–Crippen MR) is 104 cm³/mol. The first kappa shape index (κ1) is 20.9. The Kier molecular flexibility index (Phi) is 6.82. The van der Waals surface area contributed by atoms with Crippen LogP contribution in [0.3, 0.4) is 0 Å². The molecule has 0 atom stereocenters. The highest BCUT2D eigenvalue weighted by atomic mass is 35.5. The largest absolute Gasteiger partial charge is 0.483 e. The van der Waals surface area contributed by atoms with Crippen LogP contribution in [0.15, 0.2) is 38.9 Å². The number of hydrogen-bond acceptors (Lipinski definition) is 6. The Labute approximate surface area is 177 Å². The first-order valence-electron chi connectivity index (χ1n) is 7.57. The molecule has 3 aromatic rings. The zero-order chi connectivity index (χ0) is 20.3. The summed E-state index contributed by atoms with van der Waals surface area (Å²) in [6.45, 7) is 0.0416. The van der Waals surface area contributed by atoms with Crippen LogP contribution in [0.25, 0.3) is 0 Å². The summed E-state index contributed by atoms with van der Waals surface area (Å²) < 4.78 is 38.0. The summed E-state index contributed by atoms with van der Waals surface area (Å²) in [6, 6.07) is 6.27. The molecule has 1 aromatic carbocycles. The minimum absolute atomic E-state index is 0.0416. The number of hydrogen-bond donors (Lipinski definition) is 0. The molecule has 12 heteroatoms. The molecule has 2 aromatic heterocycles. The molecule has 0 N–H and O–H groups in total. The van der Waals surface area contributed by atoms with E-state index in [2.05, 4.69) is 15.3 Å². The van der Waals surface area contributed by atoms with Gasteiger partial charge < -0.3 is 9.15 Å². The van der Waals surface area contributed by atoms with E-state index >= 15 is 0 Å². The number of benzene rings is 1. The van der Waals surface area contributed by atoms with Crippen molar-refractivity contribution >= 4 is 52.8 Å². The normalized spacial score (nSPS) is 11.7. The van der Waals surface area contributed by atoms with Crippen LogP contribution in [0.2, 0.25) is 15.1 Å². The van der Waals surface area contributed by atoms with Gasteiger partial charge in [-0.25, -0.2) is 8.78 Å². The highest BCUT2D eigenvalue weighted by Crippen LogP contribution is 2.36. The molecule has 0 saturated heterocycles. The van der Waals surface area contributed by atoms with Gasteiger partial charge in [0, 0.05) is 5.02 Å². The van der Waals surface area contributed by atoms with E-state index in [-0.39, 0.29) is 27.6 Å². The van der Waals surface area contributed by atoms with E-state index < -0.39 is 12.2 Å². The van der Waals surface area contributed by atoms with Gasteiger partial charge in [-0.3, -0.25) is 0 Å². The van der Waals surface area contributed by atoms with E-state index in [0.717, 1.165) is 16.4 Å². The summed E-state index contributed by atoms with van der Waals surface area (Å²) in [5.41, 5.74) is 0. The van der Waals surface area contributed by atoms with Gasteiger partial charge in [0.05, 0.1) is 16.3 Å². The van der Waals surface area contributed by atoms with Crippen molar-refractivity contribution in [1.29, 1.82) is 0 Å². The van der Waals surface area contributed by atoms with Crippen LogP contribution >= 0.6 is 46.6 Å². The SMILES string of the molecule is CSc1nnc(C(F)F)n1/N=C/c1ccc(COc2c(Cl)cc(Cl)cc2Cl)o1. The molecule has 148 valence electrons. The summed E-state index contributed by atoms with van der Waals surface area (Å²) in [4.78, 5) is 0. The number of nitrogens with zero attached hydrogens (tertiary/aromatic N) is 4. The number of furan rings is 1. The third-order valence-electron chi connectivity index (χ3n) is 3.32. The Morgan fingerprint density at radius 3 is 2.61 bits per heavy atom. The summed E-state index contributed by atoms with van der Waals surface area (Å²) >= 11 is 19.1. The molecule has 0 aliphatic rings. The van der Waals surface area contributed by atoms with E-state index in [1.807, 2.05) is 0 Å². The average molecular weight is 468 g/mol. The van der Waals surface area contributed by atoms with Gasteiger partial charge in [-0.1, -0.05) is 46.6 Å². The van der Waals surface area contributed by atoms with Crippen LogP contribution in [0.5, 0.6) is 5.75 Å². The van der Waals surface area contributed by atoms with Crippen molar-refractivity contribution in [1.82, 2.24) is 14.9 Å². The summed E-state index contributed by atoms with van der Waals surface area (Å²) in [5, 5.41) is 12.2. The highest BCUT2D eigenvalue weighted by molar-refractivity contribution is 7.98. The fourth-order valence-electron chi connectivity index (χ4n) is 2.11. The fourth-order valence-corrected chi connectivity index (χ4v) is 3.48. The van der Waals surface area contributed by atoms with Crippen LogP contribution in [0.4, 0.5) is 8.78 Å². The van der Waals surface area contributed by atoms with Gasteiger partial charge in [0.15, 0.2) is 5.75 Å². The molecule has 0 unspecified atom stereocenters. The topological polar surface area (TPSA) is 65.4 Å². The molecular weight excluding hydrogens is 457 g/mol. The van der Waals surface area contributed by atoms with Crippen molar-refractivity contribution in [3.8, 4) is 5.75 Å². The van der Waals surface area contributed by atoms with Crippen molar-refractivity contribution in [2.75, 3.05) is 6.26 Å². The van der Waals surface area contributed by atoms with Gasteiger partial charge in [0.25, 0.3) is 6.43 Å². The molecule has 3 rings (SSSR count). The number of alkyl halides is 2. The lowest BCUT2D eigenvalue weighted by Gasteiger charge is -2.08. The van der Waals surface area contributed by atoms with Crippen LogP contribution in [0, 0.1) is 0 Å². The number of thioether (sulfide) groups is 1. The third-order valence-corrected chi connectivity index (χ3v) is 4.72. The van der Waals surface area contributed by atoms with Crippen LogP contribution in [0.1, 0.15) is 23.8 Å². The Morgan fingerprint density at radius 1 is 1.25 bits per heavy atom. The van der Waals surface area contributed by atoms with Crippen LogP contribution in [-0.2, 0) is 6.61 Å². The smallest absolute Gasteiger partial charge is 0.299 e. The Bertz CT molecular complexity index is 987. The molecule has 0 bridgehead atoms. The maximum atomic E-state index is 13.0. The van der Waals surface area contributed by atoms with E-state index in [9.17, 15) is 8.78 Å². The molecule has 6 nitrogen and oxygen atoms in total. The second-order valence-electron chi connectivity index (χ2n) is 5.19. The van der Waals surface area contributed by atoms with Crippen molar-refractivity contribution in [2.24, 2.45) is 5.10 Å². The average Bonchev–Trinajstić information content (AvgIpc) is 3.25. The lowest BCUT2D eigenvalue weighted by Crippen LogP contribution is -2.00. The molecule has 0 fully saturated rings. The standard InChI is InChI=1S/C16H11Cl3F2N4O2S/c1-28-16-24-23-15(14(20)21)25(16)22-6-9-2-3-10(27-9)7-26-13-11(18)4-8(17)5-12(13)19/h2-6,14H,7H2,1H3/b22-6+. The lowest BCUT2D eigenvalue weighted by molar-refractivity contribution is 0.135. The van der Waals surface area contributed by atoms with Crippen LogP contribution < -0.4 is 4.74 Å². The molecular formula is C16H11Cl3F2N4O2S. The summed E-state index contributed by atoms with van der Waals surface area (Å²) in [5.74, 6) is 0.497. The Balaban J connectivity index is 1.72. The zero-order valence-electron chi connectivity index (χ0n) is 14.1. The molecule has 2 heterocycles. The number of aromatic nitrogens is 3. The van der Waals surface area contributed by atoms with E-state index in [1.54, 1.807) is 18.4 Å². The molecule has 0 amide bonds.